The Morgan fingerprint density at radius 3 is 1.38 bits per heavy atom. The fraction of sp³-hybridized carbons (Fsp3) is 1.00. The molecule has 2 heteroatoms. The summed E-state index contributed by atoms with van der Waals surface area (Å²) in [5, 5.41) is 0. The SMILES string of the molecule is CC[SiH](CC)[SiH](C)C. The normalized spacial score (nSPS) is 11.2. The van der Waals surface area contributed by atoms with Crippen LogP contribution in [0, 0.1) is 0 Å². The van der Waals surface area contributed by atoms with Crippen LogP contribution < -0.4 is 0 Å². The fourth-order valence-electron chi connectivity index (χ4n) is 1.23. The molecular formula is C6H18Si2. The van der Waals surface area contributed by atoms with Crippen molar-refractivity contribution < 1.29 is 0 Å². The van der Waals surface area contributed by atoms with Crippen molar-refractivity contribution >= 4 is 16.6 Å². The van der Waals surface area contributed by atoms with Gasteiger partial charge in [-0.2, -0.15) is 0 Å². The molecule has 0 amide bonds. The van der Waals surface area contributed by atoms with Crippen LogP contribution in [-0.2, 0) is 0 Å². The minimum atomic E-state index is -0.147. The molecule has 0 N–H and O–H groups in total. The summed E-state index contributed by atoms with van der Waals surface area (Å²) in [5.74, 6) is 0. The Morgan fingerprint density at radius 1 is 1.00 bits per heavy atom. The van der Waals surface area contributed by atoms with E-state index in [4.69, 9.17) is 0 Å². The summed E-state index contributed by atoms with van der Waals surface area (Å²) in [7, 11) is -0.273. The smallest absolute Gasteiger partial charge is 0.0269 e. The molecular weight excluding hydrogens is 128 g/mol. The first kappa shape index (κ1) is 8.43. The van der Waals surface area contributed by atoms with Gasteiger partial charge in [-0.05, 0) is 0 Å². The Morgan fingerprint density at radius 2 is 1.38 bits per heavy atom. The first-order valence-electron chi connectivity index (χ1n) is 3.72. The summed E-state index contributed by atoms with van der Waals surface area (Å²) in [6.07, 6.45) is 0. The minimum Gasteiger partial charge on any atom is -0.0743 e. The second kappa shape index (κ2) is 4.33. The molecule has 0 spiro atoms. The Balaban J connectivity index is 3.35. The van der Waals surface area contributed by atoms with E-state index in [9.17, 15) is 0 Å². The highest BCUT2D eigenvalue weighted by atomic mass is 29.2. The Bertz CT molecular complexity index is 48.5. The van der Waals surface area contributed by atoms with Gasteiger partial charge in [0.25, 0.3) is 0 Å². The van der Waals surface area contributed by atoms with Gasteiger partial charge in [0.1, 0.15) is 0 Å². The van der Waals surface area contributed by atoms with Crippen LogP contribution in [0.15, 0.2) is 0 Å². The van der Waals surface area contributed by atoms with Crippen LogP contribution in [-0.4, -0.2) is 16.6 Å². The third kappa shape index (κ3) is 2.67. The maximum atomic E-state index is 2.50. The van der Waals surface area contributed by atoms with Crippen LogP contribution in [0.3, 0.4) is 0 Å². The molecule has 0 aliphatic carbocycles. The van der Waals surface area contributed by atoms with E-state index in [1.165, 1.54) is 0 Å². The highest BCUT2D eigenvalue weighted by Crippen LogP contribution is 2.01. The summed E-state index contributed by atoms with van der Waals surface area (Å²) in [6, 6.07) is 3.08. The van der Waals surface area contributed by atoms with E-state index in [2.05, 4.69) is 26.9 Å². The number of rotatable bonds is 3. The van der Waals surface area contributed by atoms with Crippen molar-refractivity contribution in [2.24, 2.45) is 0 Å². The van der Waals surface area contributed by atoms with Gasteiger partial charge in [0.15, 0.2) is 0 Å². The van der Waals surface area contributed by atoms with E-state index >= 15 is 0 Å². The molecule has 0 aromatic carbocycles. The third-order valence-corrected chi connectivity index (χ3v) is 14.5. The quantitative estimate of drug-likeness (QED) is 0.533. The first-order valence-corrected chi connectivity index (χ1v) is 10.3. The highest BCUT2D eigenvalue weighted by Gasteiger charge is 2.09. The van der Waals surface area contributed by atoms with Gasteiger partial charge in [-0.25, -0.2) is 0 Å². The zero-order valence-corrected chi connectivity index (χ0v) is 8.88. The number of hydrogen-bond acceptors (Lipinski definition) is 0. The average Bonchev–Trinajstić information content (AvgIpc) is 1.69. The van der Waals surface area contributed by atoms with Crippen molar-refractivity contribution in [3.05, 3.63) is 0 Å². The molecule has 8 heavy (non-hydrogen) atoms. The highest BCUT2D eigenvalue weighted by molar-refractivity contribution is 7.21. The maximum Gasteiger partial charge on any atom is 0.0269 e. The van der Waals surface area contributed by atoms with Crippen molar-refractivity contribution in [3.63, 3.8) is 0 Å². The molecule has 0 unspecified atom stereocenters. The van der Waals surface area contributed by atoms with Gasteiger partial charge in [-0.15, -0.1) is 0 Å². The van der Waals surface area contributed by atoms with Crippen LogP contribution in [0.1, 0.15) is 13.8 Å². The van der Waals surface area contributed by atoms with Crippen LogP contribution in [0.2, 0.25) is 25.2 Å². The van der Waals surface area contributed by atoms with Crippen LogP contribution in [0.5, 0.6) is 0 Å². The topological polar surface area (TPSA) is 0 Å². The molecule has 0 aromatic heterocycles. The van der Waals surface area contributed by atoms with Gasteiger partial charge in [0, 0.05) is 16.6 Å². The molecule has 0 fully saturated rings. The van der Waals surface area contributed by atoms with E-state index in [1.54, 1.807) is 12.1 Å². The molecule has 0 saturated carbocycles. The van der Waals surface area contributed by atoms with Crippen molar-refractivity contribution in [3.8, 4) is 0 Å². The molecule has 50 valence electrons. The summed E-state index contributed by atoms with van der Waals surface area (Å²) >= 11 is 0. The van der Waals surface area contributed by atoms with E-state index in [1.807, 2.05) is 0 Å². The third-order valence-electron chi connectivity index (χ3n) is 1.99. The Kier molecular flexibility index (Phi) is 4.56. The lowest BCUT2D eigenvalue weighted by Gasteiger charge is -2.11. The minimum absolute atomic E-state index is 0.127. The molecule has 0 aliphatic heterocycles. The zero-order valence-electron chi connectivity index (χ0n) is 6.57. The molecule has 0 bridgehead atoms. The molecule has 0 saturated heterocycles. The molecule has 0 aromatic rings. The van der Waals surface area contributed by atoms with Crippen LogP contribution >= 0.6 is 0 Å². The van der Waals surface area contributed by atoms with Gasteiger partial charge < -0.3 is 0 Å². The zero-order chi connectivity index (χ0) is 6.57. The van der Waals surface area contributed by atoms with Crippen molar-refractivity contribution in [2.75, 3.05) is 0 Å². The molecule has 0 atom stereocenters. The molecule has 0 rings (SSSR count). The monoisotopic (exact) mass is 146 g/mol. The first-order chi connectivity index (χ1) is 3.72. The van der Waals surface area contributed by atoms with Crippen LogP contribution in [0.25, 0.3) is 0 Å². The molecule has 0 heterocycles. The standard InChI is InChI=1S/C6H18Si2/c1-5-8(6-2)7(3)4/h7-8H,5-6H2,1-4H3. The number of hydrogen-bond donors (Lipinski definition) is 0. The Labute approximate surface area is 56.3 Å². The molecule has 0 aliphatic rings. The predicted octanol–water partition coefficient (Wildman–Crippen LogP) is 1.82. The van der Waals surface area contributed by atoms with Gasteiger partial charge in [-0.1, -0.05) is 39.0 Å². The second-order valence-electron chi connectivity index (χ2n) is 2.82. The second-order valence-corrected chi connectivity index (χ2v) is 15.3. The van der Waals surface area contributed by atoms with Gasteiger partial charge in [0.2, 0.25) is 0 Å². The average molecular weight is 146 g/mol. The van der Waals surface area contributed by atoms with Gasteiger partial charge >= 0.3 is 0 Å². The van der Waals surface area contributed by atoms with E-state index in [0.29, 0.717) is 0 Å². The predicted molar refractivity (Wildman–Crippen MR) is 47.0 cm³/mol. The van der Waals surface area contributed by atoms with Crippen molar-refractivity contribution in [1.82, 2.24) is 0 Å². The summed E-state index contributed by atoms with van der Waals surface area (Å²) in [4.78, 5) is 0. The maximum absolute atomic E-state index is 2.50. The fourth-order valence-corrected chi connectivity index (χ4v) is 9.35. The molecule has 0 radical (unpaired) electrons. The summed E-state index contributed by atoms with van der Waals surface area (Å²) in [6.45, 7) is 9.74. The lowest BCUT2D eigenvalue weighted by Crippen LogP contribution is -2.27. The summed E-state index contributed by atoms with van der Waals surface area (Å²) in [5.41, 5.74) is 0. The van der Waals surface area contributed by atoms with Crippen molar-refractivity contribution in [1.29, 1.82) is 0 Å². The lowest BCUT2D eigenvalue weighted by molar-refractivity contribution is 1.34. The largest absolute Gasteiger partial charge is 0.0743 e. The lowest BCUT2D eigenvalue weighted by atomic mass is 11.0. The van der Waals surface area contributed by atoms with E-state index in [-0.39, 0.29) is 16.6 Å². The summed E-state index contributed by atoms with van der Waals surface area (Å²) < 4.78 is 0. The Hall–Kier alpha value is 0.434. The van der Waals surface area contributed by atoms with Crippen molar-refractivity contribution in [2.45, 2.75) is 39.0 Å². The van der Waals surface area contributed by atoms with E-state index < -0.39 is 0 Å². The molecule has 0 nitrogen and oxygen atoms in total. The van der Waals surface area contributed by atoms with E-state index in [0.717, 1.165) is 0 Å². The van der Waals surface area contributed by atoms with Gasteiger partial charge in [0.05, 0.1) is 0 Å². The van der Waals surface area contributed by atoms with Gasteiger partial charge in [-0.3, -0.25) is 0 Å². The van der Waals surface area contributed by atoms with Crippen LogP contribution in [0.4, 0.5) is 0 Å².